The van der Waals surface area contributed by atoms with Crippen LogP contribution in [0.15, 0.2) is 23.5 Å². The molecule has 11 nitrogen and oxygen atoms in total. The molecule has 6 N–H and O–H groups in total. The Morgan fingerprint density at radius 1 is 1.07 bits per heavy atom. The van der Waals surface area contributed by atoms with E-state index in [0.717, 1.165) is 6.26 Å². The molecule has 0 aromatic carbocycles. The second kappa shape index (κ2) is 8.43. The molecular weight excluding hydrogens is 380 g/mol. The Labute approximate surface area is 160 Å². The SMILES string of the molecule is COC(=O)C1=CO[C@@H](O[C@@H]2O[C@H](CO)[C@@H](O)[C@H](O)[C@H]2O)[C@H]2C(CO)=C[C@@H](O)[C@@H]12. The van der Waals surface area contributed by atoms with Gasteiger partial charge >= 0.3 is 5.97 Å². The van der Waals surface area contributed by atoms with E-state index < -0.39 is 74.1 Å². The van der Waals surface area contributed by atoms with Gasteiger partial charge in [-0.3, -0.25) is 0 Å². The van der Waals surface area contributed by atoms with Gasteiger partial charge < -0.3 is 49.6 Å². The molecule has 9 atom stereocenters. The predicted octanol–water partition coefficient (Wildman–Crippen LogP) is -3.26. The van der Waals surface area contributed by atoms with Crippen molar-refractivity contribution in [2.24, 2.45) is 11.8 Å². The quantitative estimate of drug-likeness (QED) is 0.200. The lowest BCUT2D eigenvalue weighted by Gasteiger charge is -2.43. The molecule has 1 saturated heterocycles. The Hall–Kier alpha value is -1.57. The Kier molecular flexibility index (Phi) is 6.37. The summed E-state index contributed by atoms with van der Waals surface area (Å²) >= 11 is 0. The standard InChI is InChI=1S/C17H24O11/c1-25-15(24)7-5-26-16(10-6(3-18)2-8(20)11(7)10)28-17-14(23)13(22)12(21)9(4-19)27-17/h2,5,8-14,16-23H,3-4H2,1H3/t8-,9-,10+,11-,12-,13+,14-,16+,17+/m1/s1. The summed E-state index contributed by atoms with van der Waals surface area (Å²) in [5, 5.41) is 59.1. The second-order valence-corrected chi connectivity index (χ2v) is 6.84. The number of aliphatic hydroxyl groups is 6. The number of fused-ring (bicyclic) bond motifs is 1. The Morgan fingerprint density at radius 3 is 2.39 bits per heavy atom. The van der Waals surface area contributed by atoms with Crippen LogP contribution in [0.25, 0.3) is 0 Å². The highest BCUT2D eigenvalue weighted by Crippen LogP contribution is 2.44. The molecule has 1 aliphatic carbocycles. The van der Waals surface area contributed by atoms with E-state index in [-0.39, 0.29) is 5.57 Å². The van der Waals surface area contributed by atoms with Crippen molar-refractivity contribution in [3.8, 4) is 0 Å². The monoisotopic (exact) mass is 404 g/mol. The average molecular weight is 404 g/mol. The van der Waals surface area contributed by atoms with Crippen molar-refractivity contribution in [2.45, 2.75) is 43.1 Å². The van der Waals surface area contributed by atoms with Crippen LogP contribution in [0.1, 0.15) is 0 Å². The summed E-state index contributed by atoms with van der Waals surface area (Å²) in [5.41, 5.74) is 0.398. The fourth-order valence-corrected chi connectivity index (χ4v) is 3.79. The minimum absolute atomic E-state index is 0.0494. The van der Waals surface area contributed by atoms with Crippen LogP contribution < -0.4 is 0 Å². The van der Waals surface area contributed by atoms with Gasteiger partial charge in [0.25, 0.3) is 0 Å². The van der Waals surface area contributed by atoms with Crippen LogP contribution in [0, 0.1) is 11.8 Å². The van der Waals surface area contributed by atoms with Crippen molar-refractivity contribution in [3.05, 3.63) is 23.5 Å². The molecule has 3 aliphatic rings. The number of rotatable bonds is 5. The van der Waals surface area contributed by atoms with Crippen LogP contribution in [0.2, 0.25) is 0 Å². The number of carbonyl (C=O) groups excluding carboxylic acids is 1. The summed E-state index contributed by atoms with van der Waals surface area (Å²) in [5.74, 6) is -2.34. The lowest BCUT2D eigenvalue weighted by atomic mass is 9.82. The number of ether oxygens (including phenoxy) is 4. The lowest BCUT2D eigenvalue weighted by molar-refractivity contribution is -0.340. The van der Waals surface area contributed by atoms with Gasteiger partial charge in [0, 0.05) is 5.92 Å². The van der Waals surface area contributed by atoms with Gasteiger partial charge in [-0.05, 0) is 5.57 Å². The normalized spacial score (nSPS) is 42.9. The first-order valence-corrected chi connectivity index (χ1v) is 8.73. The van der Waals surface area contributed by atoms with Gasteiger partial charge in [-0.2, -0.15) is 0 Å². The molecule has 2 aliphatic heterocycles. The van der Waals surface area contributed by atoms with E-state index in [1.807, 2.05) is 0 Å². The molecule has 0 saturated carbocycles. The highest BCUT2D eigenvalue weighted by atomic mass is 16.8. The van der Waals surface area contributed by atoms with Crippen molar-refractivity contribution in [3.63, 3.8) is 0 Å². The molecule has 1 fully saturated rings. The zero-order chi connectivity index (χ0) is 20.6. The van der Waals surface area contributed by atoms with Crippen molar-refractivity contribution in [2.75, 3.05) is 20.3 Å². The van der Waals surface area contributed by atoms with E-state index in [2.05, 4.69) is 0 Å². The molecular formula is C17H24O11. The molecule has 158 valence electrons. The van der Waals surface area contributed by atoms with Crippen LogP contribution >= 0.6 is 0 Å². The van der Waals surface area contributed by atoms with E-state index >= 15 is 0 Å². The summed E-state index contributed by atoms with van der Waals surface area (Å²) in [6.07, 6.45) is -7.36. The zero-order valence-corrected chi connectivity index (χ0v) is 15.0. The summed E-state index contributed by atoms with van der Waals surface area (Å²) in [6, 6.07) is 0. The largest absolute Gasteiger partial charge is 0.471 e. The number of hydrogen-bond donors (Lipinski definition) is 6. The summed E-state index contributed by atoms with van der Waals surface area (Å²) in [7, 11) is 1.18. The first-order valence-electron chi connectivity index (χ1n) is 8.73. The van der Waals surface area contributed by atoms with E-state index in [0.29, 0.717) is 5.57 Å². The van der Waals surface area contributed by atoms with Crippen molar-refractivity contribution in [1.29, 1.82) is 0 Å². The predicted molar refractivity (Wildman–Crippen MR) is 88.0 cm³/mol. The molecule has 0 aromatic heterocycles. The van der Waals surface area contributed by atoms with Gasteiger partial charge in [-0.15, -0.1) is 0 Å². The molecule has 0 spiro atoms. The van der Waals surface area contributed by atoms with Crippen LogP contribution in [-0.2, 0) is 23.7 Å². The van der Waals surface area contributed by atoms with Gasteiger partial charge in [0.2, 0.25) is 6.29 Å². The molecule has 0 radical (unpaired) electrons. The van der Waals surface area contributed by atoms with Crippen LogP contribution in [-0.4, -0.2) is 100 Å². The van der Waals surface area contributed by atoms with Gasteiger partial charge in [0.05, 0.1) is 44.2 Å². The molecule has 0 bridgehead atoms. The molecule has 2 heterocycles. The summed E-state index contributed by atoms with van der Waals surface area (Å²) < 4.78 is 21.1. The third-order valence-corrected chi connectivity index (χ3v) is 5.27. The number of esters is 1. The smallest absolute Gasteiger partial charge is 0.337 e. The minimum Gasteiger partial charge on any atom is -0.471 e. The van der Waals surface area contributed by atoms with Gasteiger partial charge in [0.15, 0.2) is 6.29 Å². The maximum Gasteiger partial charge on any atom is 0.337 e. The number of hydrogen-bond acceptors (Lipinski definition) is 11. The van der Waals surface area contributed by atoms with Gasteiger partial charge in [-0.25, -0.2) is 4.79 Å². The van der Waals surface area contributed by atoms with E-state index in [1.165, 1.54) is 13.2 Å². The van der Waals surface area contributed by atoms with Crippen LogP contribution in [0.4, 0.5) is 0 Å². The number of carbonyl (C=O) groups is 1. The maximum atomic E-state index is 12.0. The third-order valence-electron chi connectivity index (χ3n) is 5.27. The molecule has 3 rings (SSSR count). The van der Waals surface area contributed by atoms with Crippen molar-refractivity contribution < 1.29 is 54.4 Å². The minimum atomic E-state index is -1.65. The first kappa shape index (κ1) is 21.1. The molecule has 0 unspecified atom stereocenters. The van der Waals surface area contributed by atoms with E-state index in [1.54, 1.807) is 0 Å². The second-order valence-electron chi connectivity index (χ2n) is 6.84. The lowest BCUT2D eigenvalue weighted by Crippen LogP contribution is -2.60. The number of methoxy groups -OCH3 is 1. The van der Waals surface area contributed by atoms with Crippen molar-refractivity contribution >= 4 is 5.97 Å². The molecule has 0 amide bonds. The number of aliphatic hydroxyl groups excluding tert-OH is 6. The summed E-state index contributed by atoms with van der Waals surface area (Å²) in [6.45, 7) is -1.07. The topological polar surface area (TPSA) is 175 Å². The third kappa shape index (κ3) is 3.55. The van der Waals surface area contributed by atoms with Crippen LogP contribution in [0.5, 0.6) is 0 Å². The van der Waals surface area contributed by atoms with E-state index in [4.69, 9.17) is 18.9 Å². The maximum absolute atomic E-state index is 12.0. The zero-order valence-electron chi connectivity index (χ0n) is 15.0. The first-order chi connectivity index (χ1) is 13.3. The molecule has 11 heteroatoms. The fraction of sp³-hybridized carbons (Fsp3) is 0.706. The Bertz CT molecular complexity index is 645. The van der Waals surface area contributed by atoms with Crippen molar-refractivity contribution in [1.82, 2.24) is 0 Å². The highest BCUT2D eigenvalue weighted by Gasteiger charge is 2.52. The van der Waals surface area contributed by atoms with E-state index in [9.17, 15) is 35.4 Å². The van der Waals surface area contributed by atoms with Crippen LogP contribution in [0.3, 0.4) is 0 Å². The average Bonchev–Trinajstić information content (AvgIpc) is 3.05. The summed E-state index contributed by atoms with van der Waals surface area (Å²) in [4.78, 5) is 12.0. The van der Waals surface area contributed by atoms with Gasteiger partial charge in [-0.1, -0.05) is 6.08 Å². The Balaban J connectivity index is 1.84. The highest BCUT2D eigenvalue weighted by molar-refractivity contribution is 5.89. The molecule has 28 heavy (non-hydrogen) atoms. The molecule has 0 aromatic rings. The Morgan fingerprint density at radius 2 is 1.79 bits per heavy atom. The van der Waals surface area contributed by atoms with Gasteiger partial charge in [0.1, 0.15) is 24.4 Å². The fourth-order valence-electron chi connectivity index (χ4n) is 3.79.